The van der Waals surface area contributed by atoms with Crippen LogP contribution in [0, 0.1) is 0 Å². The number of nitrogens with one attached hydrogen (secondary N) is 1. The van der Waals surface area contributed by atoms with Crippen LogP contribution in [0.2, 0.25) is 0 Å². The zero-order valence-electron chi connectivity index (χ0n) is 9.49. The van der Waals surface area contributed by atoms with E-state index in [-0.39, 0.29) is 17.3 Å². The number of carbonyl (C=O) groups excluding carboxylic acids is 1. The van der Waals surface area contributed by atoms with Crippen molar-refractivity contribution in [3.63, 3.8) is 0 Å². The van der Waals surface area contributed by atoms with Crippen LogP contribution in [0.4, 0.5) is 5.95 Å². The van der Waals surface area contributed by atoms with Gasteiger partial charge in [0.15, 0.2) is 0 Å². The molecule has 7 heteroatoms. The molecule has 1 aromatic carbocycles. The maximum absolute atomic E-state index is 11.9. The van der Waals surface area contributed by atoms with Gasteiger partial charge < -0.3 is 9.84 Å². The van der Waals surface area contributed by atoms with Crippen molar-refractivity contribution in [1.29, 1.82) is 0 Å². The molecule has 0 aliphatic heterocycles. The van der Waals surface area contributed by atoms with Crippen LogP contribution in [0.5, 0.6) is 11.5 Å². The minimum absolute atomic E-state index is 0.0599. The predicted molar refractivity (Wildman–Crippen MR) is 62.4 cm³/mol. The van der Waals surface area contributed by atoms with E-state index < -0.39 is 5.91 Å². The minimum Gasteiger partial charge on any atom is -0.507 e. The molecule has 0 aliphatic carbocycles. The first-order chi connectivity index (χ1) is 8.70. The third-order valence-electron chi connectivity index (χ3n) is 2.16. The zero-order valence-corrected chi connectivity index (χ0v) is 9.49. The lowest BCUT2D eigenvalue weighted by Crippen LogP contribution is -2.14. The van der Waals surface area contributed by atoms with E-state index >= 15 is 0 Å². The van der Waals surface area contributed by atoms with Gasteiger partial charge >= 0.3 is 0 Å². The standard InChI is InChI=1S/C11H10N4O3/c1-18-7-2-3-9(16)8(6-7)10(17)14-11-12-4-5-13-15-11/h2-6,16H,1H3,(H,12,14,15,17). The number of carbonyl (C=O) groups is 1. The lowest BCUT2D eigenvalue weighted by Gasteiger charge is -2.06. The number of benzene rings is 1. The molecule has 1 heterocycles. The van der Waals surface area contributed by atoms with Crippen LogP contribution in [0.1, 0.15) is 10.4 Å². The van der Waals surface area contributed by atoms with Gasteiger partial charge in [-0.05, 0) is 18.2 Å². The second-order valence-electron chi connectivity index (χ2n) is 3.30. The van der Waals surface area contributed by atoms with Crippen LogP contribution < -0.4 is 10.1 Å². The van der Waals surface area contributed by atoms with E-state index in [2.05, 4.69) is 20.5 Å². The Bertz CT molecular complexity index is 559. The molecule has 1 amide bonds. The number of hydrogen-bond donors (Lipinski definition) is 2. The predicted octanol–water partition coefficient (Wildman–Crippen LogP) is 0.838. The topological polar surface area (TPSA) is 97.2 Å². The first-order valence-electron chi connectivity index (χ1n) is 5.03. The molecule has 0 bridgehead atoms. The maximum atomic E-state index is 11.9. The van der Waals surface area contributed by atoms with E-state index in [0.717, 1.165) is 0 Å². The third kappa shape index (κ3) is 2.51. The molecule has 0 fully saturated rings. The van der Waals surface area contributed by atoms with Gasteiger partial charge in [-0.15, -0.1) is 5.10 Å². The molecule has 2 rings (SSSR count). The van der Waals surface area contributed by atoms with Crippen molar-refractivity contribution in [2.75, 3.05) is 12.4 Å². The summed E-state index contributed by atoms with van der Waals surface area (Å²) in [5, 5.41) is 19.2. The average Bonchev–Trinajstić information content (AvgIpc) is 2.40. The van der Waals surface area contributed by atoms with E-state index in [0.29, 0.717) is 5.75 Å². The molecule has 92 valence electrons. The van der Waals surface area contributed by atoms with Crippen molar-refractivity contribution in [2.24, 2.45) is 0 Å². The van der Waals surface area contributed by atoms with E-state index in [4.69, 9.17) is 4.74 Å². The highest BCUT2D eigenvalue weighted by molar-refractivity contribution is 6.05. The van der Waals surface area contributed by atoms with Crippen LogP contribution >= 0.6 is 0 Å². The maximum Gasteiger partial charge on any atom is 0.261 e. The van der Waals surface area contributed by atoms with Crippen molar-refractivity contribution >= 4 is 11.9 Å². The van der Waals surface area contributed by atoms with E-state index in [1.165, 1.54) is 31.6 Å². The van der Waals surface area contributed by atoms with Gasteiger partial charge in [0, 0.05) is 0 Å². The molecular formula is C11H10N4O3. The second kappa shape index (κ2) is 5.09. The van der Waals surface area contributed by atoms with Crippen molar-refractivity contribution in [3.05, 3.63) is 36.2 Å². The van der Waals surface area contributed by atoms with Crippen molar-refractivity contribution in [2.45, 2.75) is 0 Å². The molecule has 1 aromatic heterocycles. The van der Waals surface area contributed by atoms with E-state index in [9.17, 15) is 9.90 Å². The van der Waals surface area contributed by atoms with Crippen molar-refractivity contribution in [3.8, 4) is 11.5 Å². The first-order valence-corrected chi connectivity index (χ1v) is 5.03. The Labute approximate surface area is 102 Å². The Morgan fingerprint density at radius 1 is 1.39 bits per heavy atom. The summed E-state index contributed by atoms with van der Waals surface area (Å²) >= 11 is 0. The summed E-state index contributed by atoms with van der Waals surface area (Å²) in [5.74, 6) is -0.175. The minimum atomic E-state index is -0.542. The summed E-state index contributed by atoms with van der Waals surface area (Å²) in [6.07, 6.45) is 2.78. The van der Waals surface area contributed by atoms with Crippen LogP contribution in [0.3, 0.4) is 0 Å². The summed E-state index contributed by atoms with van der Waals surface area (Å²) < 4.78 is 4.98. The number of nitrogens with zero attached hydrogens (tertiary/aromatic N) is 3. The number of methoxy groups -OCH3 is 1. The van der Waals surface area contributed by atoms with Gasteiger partial charge in [-0.3, -0.25) is 10.1 Å². The number of anilines is 1. The summed E-state index contributed by atoms with van der Waals surface area (Å²) in [6.45, 7) is 0. The number of aromatic hydroxyl groups is 1. The van der Waals surface area contributed by atoms with Gasteiger partial charge in [0.2, 0.25) is 5.95 Å². The normalized spacial score (nSPS) is 9.83. The highest BCUT2D eigenvalue weighted by Crippen LogP contribution is 2.23. The molecule has 0 atom stereocenters. The molecule has 0 spiro atoms. The molecule has 2 aromatic rings. The van der Waals surface area contributed by atoms with Crippen LogP contribution in [0.25, 0.3) is 0 Å². The fraction of sp³-hybridized carbons (Fsp3) is 0.0909. The molecule has 0 saturated carbocycles. The highest BCUT2D eigenvalue weighted by atomic mass is 16.5. The molecule has 0 saturated heterocycles. The largest absolute Gasteiger partial charge is 0.507 e. The van der Waals surface area contributed by atoms with Gasteiger partial charge in [0.1, 0.15) is 11.5 Å². The monoisotopic (exact) mass is 246 g/mol. The number of phenols is 1. The molecule has 2 N–H and O–H groups in total. The number of phenolic OH excluding ortho intramolecular Hbond substituents is 1. The number of ether oxygens (including phenoxy) is 1. The van der Waals surface area contributed by atoms with Crippen molar-refractivity contribution < 1.29 is 14.6 Å². The molecule has 0 aliphatic rings. The smallest absolute Gasteiger partial charge is 0.261 e. The van der Waals surface area contributed by atoms with Gasteiger partial charge in [-0.1, -0.05) is 0 Å². The van der Waals surface area contributed by atoms with Gasteiger partial charge in [0.25, 0.3) is 5.91 Å². The Morgan fingerprint density at radius 3 is 2.89 bits per heavy atom. The lowest BCUT2D eigenvalue weighted by molar-refractivity contribution is 0.102. The van der Waals surface area contributed by atoms with Gasteiger partial charge in [-0.25, -0.2) is 4.98 Å². The Balaban J connectivity index is 2.23. The summed E-state index contributed by atoms with van der Waals surface area (Å²) in [4.78, 5) is 15.7. The van der Waals surface area contributed by atoms with E-state index in [1.807, 2.05) is 0 Å². The zero-order chi connectivity index (χ0) is 13.0. The molecule has 18 heavy (non-hydrogen) atoms. The van der Waals surface area contributed by atoms with Gasteiger partial charge in [-0.2, -0.15) is 5.10 Å². The van der Waals surface area contributed by atoms with Crippen LogP contribution in [0.15, 0.2) is 30.6 Å². The molecule has 0 unspecified atom stereocenters. The Hall–Kier alpha value is -2.70. The average molecular weight is 246 g/mol. The van der Waals surface area contributed by atoms with Crippen LogP contribution in [-0.2, 0) is 0 Å². The Kier molecular flexibility index (Phi) is 3.33. The summed E-state index contributed by atoms with van der Waals surface area (Å²) in [6, 6.07) is 4.34. The first kappa shape index (κ1) is 11.8. The van der Waals surface area contributed by atoms with Crippen LogP contribution in [-0.4, -0.2) is 33.3 Å². The lowest BCUT2D eigenvalue weighted by atomic mass is 10.2. The fourth-order valence-corrected chi connectivity index (χ4v) is 1.30. The highest BCUT2D eigenvalue weighted by Gasteiger charge is 2.13. The van der Waals surface area contributed by atoms with Gasteiger partial charge in [0.05, 0.1) is 25.1 Å². The molecule has 0 radical (unpaired) electrons. The number of rotatable bonds is 3. The quantitative estimate of drug-likeness (QED) is 0.832. The fourth-order valence-electron chi connectivity index (χ4n) is 1.30. The third-order valence-corrected chi connectivity index (χ3v) is 2.16. The molecule has 7 nitrogen and oxygen atoms in total. The second-order valence-corrected chi connectivity index (χ2v) is 3.30. The van der Waals surface area contributed by atoms with Crippen molar-refractivity contribution in [1.82, 2.24) is 15.2 Å². The number of amides is 1. The number of hydrogen-bond acceptors (Lipinski definition) is 6. The summed E-state index contributed by atoms with van der Waals surface area (Å²) in [7, 11) is 1.47. The van der Waals surface area contributed by atoms with E-state index in [1.54, 1.807) is 6.07 Å². The SMILES string of the molecule is COc1ccc(O)c(C(=O)Nc2nccnn2)c1. The summed E-state index contributed by atoms with van der Waals surface area (Å²) in [5.41, 5.74) is 0.0711. The molecular weight excluding hydrogens is 236 g/mol. The Morgan fingerprint density at radius 2 is 2.22 bits per heavy atom. The number of aromatic nitrogens is 3.